The fraction of sp³-hybridized carbons (Fsp3) is 0.658. The number of hydrogen-bond donors (Lipinski definition) is 1. The average Bonchev–Trinajstić information content (AvgIpc) is 3.62. The molecule has 2 aromatic rings. The number of rotatable bonds is 3. The van der Waals surface area contributed by atoms with Gasteiger partial charge in [-0.15, -0.1) is 0 Å². The molecule has 52 heavy (non-hydrogen) atoms. The van der Waals surface area contributed by atoms with Crippen LogP contribution in [0.3, 0.4) is 0 Å². The van der Waals surface area contributed by atoms with Crippen LogP contribution in [0.25, 0.3) is 17.1 Å². The van der Waals surface area contributed by atoms with Gasteiger partial charge in [-0.2, -0.15) is 13.2 Å². The average molecular weight is 733 g/mol. The number of allylic oxidation sites excluding steroid dienone is 1. The van der Waals surface area contributed by atoms with E-state index in [0.29, 0.717) is 41.7 Å². The molecule has 6 unspecified atom stereocenters. The van der Waals surface area contributed by atoms with Crippen LogP contribution in [0.2, 0.25) is 0 Å². The third-order valence-corrected chi connectivity index (χ3v) is 10.2. The maximum atomic E-state index is 14.9. The smallest absolute Gasteiger partial charge is 0.428 e. The molecule has 1 aliphatic carbocycles. The van der Waals surface area contributed by atoms with Crippen LogP contribution in [0.4, 0.5) is 18.0 Å². The number of fused-ring (bicyclic) bond motifs is 5. The normalized spacial score (nSPS) is 27.8. The Morgan fingerprint density at radius 1 is 1.06 bits per heavy atom. The first-order chi connectivity index (χ1) is 24.3. The van der Waals surface area contributed by atoms with Crippen molar-refractivity contribution in [1.82, 2.24) is 20.2 Å². The van der Waals surface area contributed by atoms with Gasteiger partial charge in [-0.3, -0.25) is 4.79 Å². The van der Waals surface area contributed by atoms with Crippen LogP contribution >= 0.6 is 0 Å². The van der Waals surface area contributed by atoms with Gasteiger partial charge in [0.25, 0.3) is 0 Å². The molecule has 2 bridgehead atoms. The van der Waals surface area contributed by atoms with Crippen LogP contribution in [0.1, 0.15) is 99.1 Å². The highest BCUT2D eigenvalue weighted by Gasteiger charge is 2.64. The number of esters is 1. The summed E-state index contributed by atoms with van der Waals surface area (Å²) in [5.41, 5.74) is -3.15. The summed E-state index contributed by atoms with van der Waals surface area (Å²) in [5.74, 6) is -2.17. The second-order valence-electron chi connectivity index (χ2n) is 16.1. The number of nitrogens with zero attached hydrogens (tertiary/aromatic N) is 3. The Morgan fingerprint density at radius 2 is 1.77 bits per heavy atom. The molecule has 3 heterocycles. The molecule has 1 saturated carbocycles. The summed E-state index contributed by atoms with van der Waals surface area (Å²) in [4.78, 5) is 53.1. The van der Waals surface area contributed by atoms with E-state index in [9.17, 15) is 27.6 Å². The van der Waals surface area contributed by atoms with Crippen molar-refractivity contribution in [3.8, 4) is 11.6 Å². The molecule has 0 radical (unpaired) electrons. The second kappa shape index (κ2) is 14.7. The minimum Gasteiger partial charge on any atom is -0.497 e. The lowest BCUT2D eigenvalue weighted by Crippen LogP contribution is -2.60. The van der Waals surface area contributed by atoms with Crippen molar-refractivity contribution in [3.63, 3.8) is 0 Å². The monoisotopic (exact) mass is 732 g/mol. The molecule has 2 fully saturated rings. The SMILES string of the molecule is CCC1C2CN(C(=O)C(C(C)(C)C)NC(=O)OC3(C(F)(F)F)CCCC3CCCC=Cc3nc4ccc(OC)cc4nc3O2)C1C(=O)OC(C)(C)C. The van der Waals surface area contributed by atoms with Crippen LogP contribution < -0.4 is 14.8 Å². The van der Waals surface area contributed by atoms with Crippen LogP contribution in [0.5, 0.6) is 11.6 Å². The minimum absolute atomic E-state index is 0.0971. The highest BCUT2D eigenvalue weighted by molar-refractivity contribution is 5.91. The number of methoxy groups -OCH3 is 1. The fourth-order valence-electron chi connectivity index (χ4n) is 7.67. The Balaban J connectivity index is 1.65. The van der Waals surface area contributed by atoms with E-state index < -0.39 is 70.8 Å². The van der Waals surface area contributed by atoms with Gasteiger partial charge in [0, 0.05) is 17.9 Å². The molecule has 5 rings (SSSR count). The first-order valence-corrected chi connectivity index (χ1v) is 18.1. The molecule has 6 atom stereocenters. The first kappa shape index (κ1) is 39.1. The molecule has 1 aromatic heterocycles. The number of hydrogen-bond acceptors (Lipinski definition) is 9. The Hall–Kier alpha value is -4.10. The van der Waals surface area contributed by atoms with Crippen molar-refractivity contribution >= 4 is 35.1 Å². The molecule has 11 nitrogen and oxygen atoms in total. The maximum absolute atomic E-state index is 14.9. The zero-order chi connectivity index (χ0) is 38.2. The van der Waals surface area contributed by atoms with E-state index in [0.717, 1.165) is 0 Å². The number of aromatic nitrogens is 2. The predicted octanol–water partition coefficient (Wildman–Crippen LogP) is 7.40. The molecule has 286 valence electrons. The summed E-state index contributed by atoms with van der Waals surface area (Å²) in [6.07, 6.45) is -1.92. The van der Waals surface area contributed by atoms with E-state index in [2.05, 4.69) is 5.32 Å². The molecule has 1 aromatic carbocycles. The number of carbonyl (C=O) groups excluding carboxylic acids is 3. The summed E-state index contributed by atoms with van der Waals surface area (Å²) in [5, 5.41) is 2.50. The van der Waals surface area contributed by atoms with Crippen LogP contribution in [-0.2, 0) is 19.1 Å². The van der Waals surface area contributed by atoms with E-state index in [1.54, 1.807) is 72.9 Å². The van der Waals surface area contributed by atoms with Gasteiger partial charge in [0.1, 0.15) is 35.2 Å². The van der Waals surface area contributed by atoms with Crippen molar-refractivity contribution in [3.05, 3.63) is 30.0 Å². The molecule has 2 aliphatic heterocycles. The Kier molecular flexibility index (Phi) is 11.1. The summed E-state index contributed by atoms with van der Waals surface area (Å²) in [7, 11) is 1.54. The van der Waals surface area contributed by atoms with E-state index in [4.69, 9.17) is 28.9 Å². The summed E-state index contributed by atoms with van der Waals surface area (Å²) in [6.45, 7) is 12.0. The molecular formula is C38H51F3N4O7. The van der Waals surface area contributed by atoms with Gasteiger partial charge in [-0.1, -0.05) is 33.8 Å². The van der Waals surface area contributed by atoms with Crippen LogP contribution in [0, 0.1) is 17.3 Å². The Morgan fingerprint density at radius 3 is 2.40 bits per heavy atom. The van der Waals surface area contributed by atoms with Crippen LogP contribution in [0.15, 0.2) is 24.3 Å². The number of benzene rings is 1. The zero-order valence-electron chi connectivity index (χ0n) is 31.3. The van der Waals surface area contributed by atoms with Gasteiger partial charge >= 0.3 is 18.2 Å². The van der Waals surface area contributed by atoms with Gasteiger partial charge in [0.2, 0.25) is 17.4 Å². The van der Waals surface area contributed by atoms with Gasteiger partial charge in [0.05, 0.1) is 24.7 Å². The fourth-order valence-corrected chi connectivity index (χ4v) is 7.67. The summed E-state index contributed by atoms with van der Waals surface area (Å²) < 4.78 is 67.9. The number of amides is 2. The molecule has 3 aliphatic rings. The van der Waals surface area contributed by atoms with Gasteiger partial charge in [-0.25, -0.2) is 19.6 Å². The summed E-state index contributed by atoms with van der Waals surface area (Å²) >= 11 is 0. The largest absolute Gasteiger partial charge is 0.497 e. The van der Waals surface area contributed by atoms with Crippen LogP contribution in [-0.4, -0.2) is 82.1 Å². The standard InChI is InChI=1S/C38H51F3N4O7/c1-9-24-28-21-45(29(24)33(47)51-36(5,6)7)32(46)30(35(2,3)4)44-34(48)52-37(38(39,40)41)19-13-15-22(37)14-11-10-12-16-26-31(50-28)43-27-20-23(49-8)17-18-25(27)42-26/h12,16-18,20,22,24,28-30H,9-11,13-15,19,21H2,1-8H3,(H,44,48). The third-order valence-electron chi connectivity index (χ3n) is 10.2. The lowest BCUT2D eigenvalue weighted by atomic mass is 9.85. The molecule has 1 N–H and O–H groups in total. The number of carbonyl (C=O) groups is 3. The summed E-state index contributed by atoms with van der Waals surface area (Å²) in [6, 6.07) is 2.74. The van der Waals surface area contributed by atoms with Crippen molar-refractivity contribution < 1.29 is 46.5 Å². The minimum atomic E-state index is -4.84. The van der Waals surface area contributed by atoms with E-state index in [1.807, 2.05) is 13.0 Å². The molecule has 14 heteroatoms. The Labute approximate surface area is 303 Å². The molecule has 0 spiro atoms. The number of nitrogens with one attached hydrogen (secondary N) is 1. The molecule has 1 saturated heterocycles. The maximum Gasteiger partial charge on any atom is 0.428 e. The molecular weight excluding hydrogens is 681 g/mol. The van der Waals surface area contributed by atoms with E-state index in [1.165, 1.54) is 4.90 Å². The van der Waals surface area contributed by atoms with Crippen molar-refractivity contribution in [2.24, 2.45) is 17.3 Å². The molecule has 2 amide bonds. The van der Waals surface area contributed by atoms with Gasteiger partial charge in [-0.05, 0) is 89.3 Å². The number of halogens is 3. The number of alkyl halides is 3. The quantitative estimate of drug-likeness (QED) is 0.321. The van der Waals surface area contributed by atoms with Crippen molar-refractivity contribution in [2.45, 2.75) is 129 Å². The third kappa shape index (κ3) is 8.10. The van der Waals surface area contributed by atoms with Crippen molar-refractivity contribution in [2.75, 3.05) is 13.7 Å². The topological polar surface area (TPSA) is 129 Å². The van der Waals surface area contributed by atoms with Gasteiger partial charge in [0.15, 0.2) is 0 Å². The number of alkyl carbamates (subject to hydrolysis) is 1. The zero-order valence-corrected chi connectivity index (χ0v) is 31.3. The van der Waals surface area contributed by atoms with E-state index >= 15 is 0 Å². The lowest BCUT2D eigenvalue weighted by Gasteiger charge is -2.39. The van der Waals surface area contributed by atoms with Crippen molar-refractivity contribution in [1.29, 1.82) is 0 Å². The highest BCUT2D eigenvalue weighted by Crippen LogP contribution is 2.51. The van der Waals surface area contributed by atoms with E-state index in [-0.39, 0.29) is 38.1 Å². The first-order valence-electron chi connectivity index (χ1n) is 18.1. The lowest BCUT2D eigenvalue weighted by molar-refractivity contribution is -0.271. The Bertz CT molecular complexity index is 1690. The number of ether oxygens (including phenoxy) is 4. The predicted molar refractivity (Wildman–Crippen MR) is 188 cm³/mol. The second-order valence-corrected chi connectivity index (χ2v) is 16.1. The van der Waals surface area contributed by atoms with Gasteiger partial charge < -0.3 is 29.2 Å². The highest BCUT2D eigenvalue weighted by atomic mass is 19.4.